The van der Waals surface area contributed by atoms with Gasteiger partial charge in [-0.1, -0.05) is 6.42 Å². The maximum Gasteiger partial charge on any atom is 0.227 e. The summed E-state index contributed by atoms with van der Waals surface area (Å²) in [4.78, 5) is 19.1. The normalized spacial score (nSPS) is 23.6. The van der Waals surface area contributed by atoms with E-state index in [1.807, 2.05) is 12.1 Å². The molecule has 3 rings (SSSR count). The minimum atomic E-state index is 0. The molecule has 1 saturated heterocycles. The first-order valence-corrected chi connectivity index (χ1v) is 8.50. The molecule has 2 unspecified atom stereocenters. The van der Waals surface area contributed by atoms with E-state index in [1.54, 1.807) is 6.20 Å². The summed E-state index contributed by atoms with van der Waals surface area (Å²) in [5.41, 5.74) is 6.74. The number of amides is 1. The van der Waals surface area contributed by atoms with Crippen LogP contribution in [0.3, 0.4) is 0 Å². The molecule has 1 saturated carbocycles. The van der Waals surface area contributed by atoms with Gasteiger partial charge in [0, 0.05) is 25.0 Å². The predicted molar refractivity (Wildman–Crippen MR) is 103 cm³/mol. The van der Waals surface area contributed by atoms with Crippen molar-refractivity contribution in [2.24, 2.45) is 11.7 Å². The van der Waals surface area contributed by atoms with Crippen molar-refractivity contribution in [2.45, 2.75) is 51.0 Å². The number of nitrogens with two attached hydrogens (primary N) is 1. The quantitative estimate of drug-likeness (QED) is 0.850. The third-order valence-corrected chi connectivity index (χ3v) is 4.78. The summed E-state index contributed by atoms with van der Waals surface area (Å²) in [6.45, 7) is 2.16. The highest BCUT2D eigenvalue weighted by molar-refractivity contribution is 5.92. The minimum Gasteiger partial charge on any atom is -0.357 e. The van der Waals surface area contributed by atoms with Crippen molar-refractivity contribution in [1.82, 2.24) is 4.98 Å². The zero-order valence-corrected chi connectivity index (χ0v) is 15.6. The number of pyridine rings is 1. The molecule has 1 aromatic heterocycles. The molecule has 1 aromatic rings. The standard InChI is InChI=1S/C17H26N4O.2ClH/c18-14-6-4-5-13(11-14)17(22)20-15-7-8-16(19-12-15)21-9-2-1-3-10-21;;/h7-8,12-14H,1-6,9-11,18H2,(H,20,22);2*1H. The number of piperidine rings is 1. The van der Waals surface area contributed by atoms with Crippen LogP contribution in [0, 0.1) is 5.92 Å². The molecule has 2 atom stereocenters. The van der Waals surface area contributed by atoms with Gasteiger partial charge in [-0.2, -0.15) is 0 Å². The van der Waals surface area contributed by atoms with Crippen LogP contribution < -0.4 is 16.0 Å². The highest BCUT2D eigenvalue weighted by Gasteiger charge is 2.25. The molecule has 0 aromatic carbocycles. The Kier molecular flexibility index (Phi) is 8.81. The molecule has 2 aliphatic rings. The zero-order chi connectivity index (χ0) is 15.4. The number of nitrogens with zero attached hydrogens (tertiary/aromatic N) is 2. The fourth-order valence-corrected chi connectivity index (χ4v) is 3.48. The van der Waals surface area contributed by atoms with E-state index in [0.717, 1.165) is 50.3 Å². The third-order valence-electron chi connectivity index (χ3n) is 4.78. The minimum absolute atomic E-state index is 0. The molecule has 136 valence electrons. The summed E-state index contributed by atoms with van der Waals surface area (Å²) in [7, 11) is 0. The zero-order valence-electron chi connectivity index (χ0n) is 13.9. The van der Waals surface area contributed by atoms with Crippen molar-refractivity contribution in [3.63, 3.8) is 0 Å². The van der Waals surface area contributed by atoms with Gasteiger partial charge in [0.05, 0.1) is 11.9 Å². The van der Waals surface area contributed by atoms with Crippen LogP contribution in [0.1, 0.15) is 44.9 Å². The summed E-state index contributed by atoms with van der Waals surface area (Å²) >= 11 is 0. The second kappa shape index (κ2) is 10.1. The van der Waals surface area contributed by atoms with Gasteiger partial charge in [0.15, 0.2) is 0 Å². The molecule has 24 heavy (non-hydrogen) atoms. The van der Waals surface area contributed by atoms with Crippen LogP contribution in [0.25, 0.3) is 0 Å². The molecule has 5 nitrogen and oxygen atoms in total. The fraction of sp³-hybridized carbons (Fsp3) is 0.647. The number of anilines is 2. The second-order valence-corrected chi connectivity index (χ2v) is 6.57. The van der Waals surface area contributed by atoms with Crippen LogP contribution in [0.2, 0.25) is 0 Å². The lowest BCUT2D eigenvalue weighted by Gasteiger charge is -2.28. The van der Waals surface area contributed by atoms with E-state index in [0.29, 0.717) is 0 Å². The molecule has 2 heterocycles. The van der Waals surface area contributed by atoms with Gasteiger partial charge in [-0.05, 0) is 50.7 Å². The van der Waals surface area contributed by atoms with Crippen LogP contribution in [-0.4, -0.2) is 30.0 Å². The summed E-state index contributed by atoms with van der Waals surface area (Å²) in [6.07, 6.45) is 9.38. The number of nitrogens with one attached hydrogen (secondary N) is 1. The Morgan fingerprint density at radius 2 is 1.88 bits per heavy atom. The van der Waals surface area contributed by atoms with Crippen molar-refractivity contribution in [2.75, 3.05) is 23.3 Å². The smallest absolute Gasteiger partial charge is 0.227 e. The second-order valence-electron chi connectivity index (χ2n) is 6.57. The highest BCUT2D eigenvalue weighted by Crippen LogP contribution is 2.25. The molecule has 0 spiro atoms. The number of hydrogen-bond donors (Lipinski definition) is 2. The van der Waals surface area contributed by atoms with Crippen molar-refractivity contribution in [1.29, 1.82) is 0 Å². The number of halogens is 2. The first-order valence-electron chi connectivity index (χ1n) is 8.50. The summed E-state index contributed by atoms with van der Waals surface area (Å²) in [5.74, 6) is 1.14. The number of aromatic nitrogens is 1. The van der Waals surface area contributed by atoms with E-state index in [2.05, 4.69) is 15.2 Å². The van der Waals surface area contributed by atoms with Gasteiger partial charge in [-0.15, -0.1) is 24.8 Å². The lowest BCUT2D eigenvalue weighted by Crippen LogP contribution is -2.34. The van der Waals surface area contributed by atoms with Gasteiger partial charge in [0.1, 0.15) is 5.82 Å². The lowest BCUT2D eigenvalue weighted by atomic mass is 9.85. The predicted octanol–water partition coefficient (Wildman–Crippen LogP) is 3.37. The molecule has 2 fully saturated rings. The Bertz CT molecular complexity index is 506. The van der Waals surface area contributed by atoms with Crippen molar-refractivity contribution in [3.05, 3.63) is 18.3 Å². The highest BCUT2D eigenvalue weighted by atomic mass is 35.5. The molecule has 1 aliphatic heterocycles. The molecular formula is C17H28Cl2N4O. The first kappa shape index (κ1) is 21.0. The van der Waals surface area contributed by atoms with Crippen LogP contribution in [0.5, 0.6) is 0 Å². The van der Waals surface area contributed by atoms with E-state index < -0.39 is 0 Å². The van der Waals surface area contributed by atoms with Crippen molar-refractivity contribution >= 4 is 42.2 Å². The largest absolute Gasteiger partial charge is 0.357 e. The van der Waals surface area contributed by atoms with Gasteiger partial charge >= 0.3 is 0 Å². The average Bonchev–Trinajstić information content (AvgIpc) is 2.56. The van der Waals surface area contributed by atoms with Crippen LogP contribution in [0.15, 0.2) is 18.3 Å². The Morgan fingerprint density at radius 3 is 2.50 bits per heavy atom. The first-order chi connectivity index (χ1) is 10.7. The third kappa shape index (κ3) is 5.50. The van der Waals surface area contributed by atoms with Crippen molar-refractivity contribution < 1.29 is 4.79 Å². The summed E-state index contributed by atoms with van der Waals surface area (Å²) < 4.78 is 0. The van der Waals surface area contributed by atoms with Crippen LogP contribution >= 0.6 is 24.8 Å². The van der Waals surface area contributed by atoms with E-state index >= 15 is 0 Å². The van der Waals surface area contributed by atoms with E-state index in [4.69, 9.17) is 5.73 Å². The topological polar surface area (TPSA) is 71.2 Å². The molecule has 1 amide bonds. The molecule has 0 radical (unpaired) electrons. The number of rotatable bonds is 3. The lowest BCUT2D eigenvalue weighted by molar-refractivity contribution is -0.120. The summed E-state index contributed by atoms with van der Waals surface area (Å²) in [6, 6.07) is 4.13. The maximum absolute atomic E-state index is 12.3. The van der Waals surface area contributed by atoms with E-state index in [-0.39, 0.29) is 42.7 Å². The monoisotopic (exact) mass is 374 g/mol. The SMILES string of the molecule is Cl.Cl.NC1CCCC(C(=O)Nc2ccc(N3CCCCC3)nc2)C1. The molecule has 1 aliphatic carbocycles. The van der Waals surface area contributed by atoms with Gasteiger partial charge < -0.3 is 16.0 Å². The number of carbonyl (C=O) groups is 1. The number of carbonyl (C=O) groups excluding carboxylic acids is 1. The van der Waals surface area contributed by atoms with Gasteiger partial charge in [0.2, 0.25) is 5.91 Å². The fourth-order valence-electron chi connectivity index (χ4n) is 3.48. The molecule has 3 N–H and O–H groups in total. The Morgan fingerprint density at radius 1 is 1.12 bits per heavy atom. The number of hydrogen-bond acceptors (Lipinski definition) is 4. The molecular weight excluding hydrogens is 347 g/mol. The van der Waals surface area contributed by atoms with Gasteiger partial charge in [0.25, 0.3) is 0 Å². The van der Waals surface area contributed by atoms with E-state index in [9.17, 15) is 4.79 Å². The Labute approximate surface area is 156 Å². The Balaban J connectivity index is 0.00000144. The average molecular weight is 375 g/mol. The van der Waals surface area contributed by atoms with E-state index in [1.165, 1.54) is 19.3 Å². The van der Waals surface area contributed by atoms with Crippen LogP contribution in [0.4, 0.5) is 11.5 Å². The maximum atomic E-state index is 12.3. The molecule has 0 bridgehead atoms. The van der Waals surface area contributed by atoms with Crippen LogP contribution in [-0.2, 0) is 4.79 Å². The van der Waals surface area contributed by atoms with Gasteiger partial charge in [-0.3, -0.25) is 4.79 Å². The summed E-state index contributed by atoms with van der Waals surface area (Å²) in [5, 5.41) is 2.99. The van der Waals surface area contributed by atoms with Crippen molar-refractivity contribution in [3.8, 4) is 0 Å². The van der Waals surface area contributed by atoms with Gasteiger partial charge in [-0.25, -0.2) is 4.98 Å². The molecule has 7 heteroatoms. The Hall–Kier alpha value is -1.04.